The summed E-state index contributed by atoms with van der Waals surface area (Å²) in [6.45, 7) is 6.67. The number of pyridine rings is 1. The maximum absolute atomic E-state index is 4.49. The molecule has 0 atom stereocenters. The van der Waals surface area contributed by atoms with Gasteiger partial charge in [-0.2, -0.15) is 0 Å². The third kappa shape index (κ3) is 4.68. The molecule has 0 aliphatic carbocycles. The Morgan fingerprint density at radius 2 is 1.74 bits per heavy atom. The van der Waals surface area contributed by atoms with Crippen LogP contribution in [0.2, 0.25) is 0 Å². The molecule has 0 bridgehead atoms. The van der Waals surface area contributed by atoms with Gasteiger partial charge < -0.3 is 0 Å². The lowest BCUT2D eigenvalue weighted by atomic mass is 10.2. The first kappa shape index (κ1) is 15.8. The van der Waals surface area contributed by atoms with E-state index in [0.29, 0.717) is 0 Å². The minimum Gasteiger partial charge on any atom is -0.288 e. The molecule has 0 saturated carbocycles. The van der Waals surface area contributed by atoms with Crippen molar-refractivity contribution in [3.63, 3.8) is 0 Å². The molecule has 23 heavy (non-hydrogen) atoms. The number of thiophene rings is 1. The van der Waals surface area contributed by atoms with Gasteiger partial charge in [0.1, 0.15) is 0 Å². The summed E-state index contributed by atoms with van der Waals surface area (Å²) in [4.78, 5) is 18.0. The van der Waals surface area contributed by atoms with Crippen LogP contribution in [0.4, 0.5) is 0 Å². The minimum atomic E-state index is 0.784. The van der Waals surface area contributed by atoms with Crippen molar-refractivity contribution in [1.82, 2.24) is 19.9 Å². The van der Waals surface area contributed by atoms with E-state index >= 15 is 0 Å². The zero-order valence-electron chi connectivity index (χ0n) is 13.4. The third-order valence-electron chi connectivity index (χ3n) is 3.55. The Hall–Kier alpha value is -2.11. The maximum atomic E-state index is 4.49. The highest BCUT2D eigenvalue weighted by Gasteiger charge is 2.10. The largest absolute Gasteiger partial charge is 0.288 e. The number of hydrogen-bond donors (Lipinski definition) is 0. The maximum Gasteiger partial charge on any atom is 0.0727 e. The fourth-order valence-corrected chi connectivity index (χ4v) is 3.37. The van der Waals surface area contributed by atoms with Crippen LogP contribution in [0.5, 0.6) is 0 Å². The number of aryl methyl sites for hydroxylation is 2. The van der Waals surface area contributed by atoms with E-state index in [0.717, 1.165) is 31.0 Å². The first-order chi connectivity index (χ1) is 11.2. The first-order valence-corrected chi connectivity index (χ1v) is 8.45. The number of aromatic nitrogens is 3. The van der Waals surface area contributed by atoms with Gasteiger partial charge in [-0.25, -0.2) is 0 Å². The van der Waals surface area contributed by atoms with Crippen molar-refractivity contribution in [3.05, 3.63) is 75.8 Å². The molecule has 0 aliphatic heterocycles. The Morgan fingerprint density at radius 1 is 0.913 bits per heavy atom. The van der Waals surface area contributed by atoms with Crippen molar-refractivity contribution in [2.24, 2.45) is 0 Å². The predicted molar refractivity (Wildman–Crippen MR) is 93.0 cm³/mol. The lowest BCUT2D eigenvalue weighted by Gasteiger charge is -2.21. The van der Waals surface area contributed by atoms with Crippen LogP contribution < -0.4 is 0 Å². The van der Waals surface area contributed by atoms with E-state index in [1.165, 1.54) is 15.3 Å². The molecule has 0 aromatic carbocycles. The number of hydrogen-bond acceptors (Lipinski definition) is 5. The highest BCUT2D eigenvalue weighted by atomic mass is 32.1. The van der Waals surface area contributed by atoms with Crippen molar-refractivity contribution < 1.29 is 0 Å². The Kier molecular flexibility index (Phi) is 5.10. The van der Waals surface area contributed by atoms with Crippen molar-refractivity contribution in [2.75, 3.05) is 0 Å². The molecule has 3 aromatic rings. The zero-order chi connectivity index (χ0) is 16.1. The summed E-state index contributed by atoms with van der Waals surface area (Å²) in [5.41, 5.74) is 3.20. The molecule has 3 heterocycles. The summed E-state index contributed by atoms with van der Waals surface area (Å²) in [6, 6.07) is 8.51. The Labute approximate surface area is 140 Å². The average molecular weight is 324 g/mol. The highest BCUT2D eigenvalue weighted by Crippen LogP contribution is 2.19. The lowest BCUT2D eigenvalue weighted by Crippen LogP contribution is -2.22. The minimum absolute atomic E-state index is 0.784. The number of rotatable bonds is 6. The summed E-state index contributed by atoms with van der Waals surface area (Å²) >= 11 is 1.85. The van der Waals surface area contributed by atoms with Gasteiger partial charge in [-0.05, 0) is 43.7 Å². The van der Waals surface area contributed by atoms with Crippen LogP contribution in [0.15, 0.2) is 49.1 Å². The molecule has 118 valence electrons. The quantitative estimate of drug-likeness (QED) is 0.692. The fraction of sp³-hybridized carbons (Fsp3) is 0.278. The molecule has 0 radical (unpaired) electrons. The summed E-state index contributed by atoms with van der Waals surface area (Å²) in [5, 5.41) is 0. The Bertz CT molecular complexity index is 737. The zero-order valence-corrected chi connectivity index (χ0v) is 14.3. The molecule has 0 unspecified atom stereocenters. The average Bonchev–Trinajstić information content (AvgIpc) is 2.95. The second-order valence-corrected chi connectivity index (χ2v) is 7.03. The van der Waals surface area contributed by atoms with Gasteiger partial charge in [-0.3, -0.25) is 19.9 Å². The molecule has 0 N–H and O–H groups in total. The van der Waals surface area contributed by atoms with Gasteiger partial charge in [-0.1, -0.05) is 0 Å². The summed E-state index contributed by atoms with van der Waals surface area (Å²) in [7, 11) is 0. The van der Waals surface area contributed by atoms with Gasteiger partial charge in [0, 0.05) is 54.2 Å². The van der Waals surface area contributed by atoms with Crippen molar-refractivity contribution >= 4 is 11.3 Å². The van der Waals surface area contributed by atoms with E-state index in [1.807, 2.05) is 43.0 Å². The van der Waals surface area contributed by atoms with Gasteiger partial charge in [0.05, 0.1) is 11.4 Å². The van der Waals surface area contributed by atoms with Crippen LogP contribution in [0, 0.1) is 13.8 Å². The fourth-order valence-electron chi connectivity index (χ4n) is 2.43. The van der Waals surface area contributed by atoms with E-state index in [2.05, 4.69) is 51.0 Å². The van der Waals surface area contributed by atoms with Crippen LogP contribution in [-0.2, 0) is 19.6 Å². The molecule has 0 amide bonds. The first-order valence-electron chi connectivity index (χ1n) is 7.63. The van der Waals surface area contributed by atoms with Gasteiger partial charge in [-0.15, -0.1) is 11.3 Å². The van der Waals surface area contributed by atoms with Gasteiger partial charge in [0.25, 0.3) is 0 Å². The molecule has 5 heteroatoms. The molecule has 0 aliphatic rings. The van der Waals surface area contributed by atoms with E-state index in [-0.39, 0.29) is 0 Å². The SMILES string of the molecule is Cc1cnc(CN(Cc2ccncc2)Cc2ccc(C)s2)cn1. The van der Waals surface area contributed by atoms with E-state index in [1.54, 1.807) is 0 Å². The van der Waals surface area contributed by atoms with Crippen molar-refractivity contribution in [2.45, 2.75) is 33.5 Å². The van der Waals surface area contributed by atoms with E-state index in [4.69, 9.17) is 0 Å². The Balaban J connectivity index is 1.75. The van der Waals surface area contributed by atoms with Crippen molar-refractivity contribution in [3.8, 4) is 0 Å². The van der Waals surface area contributed by atoms with E-state index in [9.17, 15) is 0 Å². The Morgan fingerprint density at radius 3 is 2.39 bits per heavy atom. The van der Waals surface area contributed by atoms with Crippen LogP contribution in [0.25, 0.3) is 0 Å². The van der Waals surface area contributed by atoms with Crippen LogP contribution in [-0.4, -0.2) is 19.9 Å². The van der Waals surface area contributed by atoms with E-state index < -0.39 is 0 Å². The highest BCUT2D eigenvalue weighted by molar-refractivity contribution is 7.11. The molecule has 0 saturated heterocycles. The summed E-state index contributed by atoms with van der Waals surface area (Å²) in [5.74, 6) is 0. The molecule has 3 rings (SSSR count). The third-order valence-corrected chi connectivity index (χ3v) is 4.54. The summed E-state index contributed by atoms with van der Waals surface area (Å²) in [6.07, 6.45) is 7.38. The summed E-state index contributed by atoms with van der Waals surface area (Å²) < 4.78 is 0. The van der Waals surface area contributed by atoms with Crippen LogP contribution >= 0.6 is 11.3 Å². The topological polar surface area (TPSA) is 41.9 Å². The van der Waals surface area contributed by atoms with Crippen molar-refractivity contribution in [1.29, 1.82) is 0 Å². The van der Waals surface area contributed by atoms with Crippen LogP contribution in [0.1, 0.15) is 26.7 Å². The molecule has 4 nitrogen and oxygen atoms in total. The molecule has 3 aromatic heterocycles. The van der Waals surface area contributed by atoms with Gasteiger partial charge >= 0.3 is 0 Å². The normalized spacial score (nSPS) is 11.1. The molecule has 0 spiro atoms. The van der Waals surface area contributed by atoms with Gasteiger partial charge in [0.2, 0.25) is 0 Å². The van der Waals surface area contributed by atoms with Gasteiger partial charge in [0.15, 0.2) is 0 Å². The smallest absolute Gasteiger partial charge is 0.0727 e. The monoisotopic (exact) mass is 324 g/mol. The number of nitrogens with zero attached hydrogens (tertiary/aromatic N) is 4. The molecular formula is C18H20N4S. The lowest BCUT2D eigenvalue weighted by molar-refractivity contribution is 0.246. The molecule has 0 fully saturated rings. The van der Waals surface area contributed by atoms with Crippen LogP contribution in [0.3, 0.4) is 0 Å². The predicted octanol–water partition coefficient (Wildman–Crippen LogP) is 3.75. The second-order valence-electron chi connectivity index (χ2n) is 5.66. The molecular weight excluding hydrogens is 304 g/mol. The standard InChI is InChI=1S/C18H20N4S/c1-14-9-21-17(10-20-14)12-22(11-16-5-7-19-8-6-16)13-18-4-3-15(2)23-18/h3-10H,11-13H2,1-2H3. The second kappa shape index (κ2) is 7.44.